The van der Waals surface area contributed by atoms with Gasteiger partial charge in [-0.1, -0.05) is 13.8 Å². The Morgan fingerprint density at radius 3 is 2.50 bits per heavy atom. The Labute approximate surface area is 123 Å². The predicted molar refractivity (Wildman–Crippen MR) is 82.3 cm³/mol. The molecule has 4 heteroatoms. The normalized spacial score (nSPS) is 36.8. The van der Waals surface area contributed by atoms with Gasteiger partial charge in [0.05, 0.1) is 0 Å². The highest BCUT2D eigenvalue weighted by molar-refractivity contribution is 5.79. The van der Waals surface area contributed by atoms with Crippen molar-refractivity contribution in [3.05, 3.63) is 0 Å². The first-order valence-corrected chi connectivity index (χ1v) is 8.19. The highest BCUT2D eigenvalue weighted by atomic mass is 16.1. The van der Waals surface area contributed by atoms with Crippen LogP contribution in [0.4, 0.5) is 0 Å². The molecule has 4 nitrogen and oxygen atoms in total. The number of piperidine rings is 1. The third-order valence-corrected chi connectivity index (χ3v) is 5.43. The number of carbonyl (C=O) groups is 1. The van der Waals surface area contributed by atoms with E-state index in [4.69, 9.17) is 5.73 Å². The van der Waals surface area contributed by atoms with E-state index in [0.29, 0.717) is 17.8 Å². The predicted octanol–water partition coefficient (Wildman–Crippen LogP) is 1.45. The molecule has 1 saturated heterocycles. The molecule has 2 aliphatic rings. The van der Waals surface area contributed by atoms with Gasteiger partial charge in [-0.2, -0.15) is 0 Å². The van der Waals surface area contributed by atoms with Crippen molar-refractivity contribution < 1.29 is 4.79 Å². The van der Waals surface area contributed by atoms with E-state index >= 15 is 0 Å². The number of nitrogens with one attached hydrogen (secondary N) is 1. The lowest BCUT2D eigenvalue weighted by Crippen LogP contribution is -2.46. The van der Waals surface area contributed by atoms with Crippen molar-refractivity contribution in [1.29, 1.82) is 0 Å². The second-order valence-corrected chi connectivity index (χ2v) is 7.19. The van der Waals surface area contributed by atoms with Crippen LogP contribution < -0.4 is 11.1 Å². The van der Waals surface area contributed by atoms with Crippen LogP contribution in [0.3, 0.4) is 0 Å². The quantitative estimate of drug-likeness (QED) is 0.823. The maximum absolute atomic E-state index is 12.4. The molecule has 3 N–H and O–H groups in total. The molecule has 4 atom stereocenters. The van der Waals surface area contributed by atoms with Crippen molar-refractivity contribution in [2.45, 2.75) is 45.6 Å². The van der Waals surface area contributed by atoms with E-state index in [1.54, 1.807) is 0 Å². The minimum absolute atomic E-state index is 0.118. The summed E-state index contributed by atoms with van der Waals surface area (Å²) in [6.07, 6.45) is 4.33. The van der Waals surface area contributed by atoms with Crippen LogP contribution in [0.15, 0.2) is 0 Å². The van der Waals surface area contributed by atoms with Gasteiger partial charge in [-0.3, -0.25) is 4.79 Å². The first-order chi connectivity index (χ1) is 9.47. The number of nitrogens with zero attached hydrogens (tertiary/aromatic N) is 1. The molecule has 1 aliphatic carbocycles. The van der Waals surface area contributed by atoms with Gasteiger partial charge in [0.2, 0.25) is 5.91 Å². The van der Waals surface area contributed by atoms with Gasteiger partial charge in [0.25, 0.3) is 0 Å². The largest absolute Gasteiger partial charge is 0.356 e. The molecule has 2 fully saturated rings. The molecule has 1 saturated carbocycles. The van der Waals surface area contributed by atoms with Crippen molar-refractivity contribution in [2.75, 3.05) is 26.7 Å². The molecule has 1 aliphatic heterocycles. The molecule has 0 aromatic carbocycles. The highest BCUT2D eigenvalue weighted by Crippen LogP contribution is 2.33. The molecular formula is C16H31N3O. The number of likely N-dealkylation sites (tertiary alicyclic amines) is 1. The van der Waals surface area contributed by atoms with Crippen molar-refractivity contribution in [1.82, 2.24) is 10.2 Å². The summed E-state index contributed by atoms with van der Waals surface area (Å²) in [4.78, 5) is 14.8. The lowest BCUT2D eigenvalue weighted by molar-refractivity contribution is -0.128. The summed E-state index contributed by atoms with van der Waals surface area (Å²) in [6.45, 7) is 7.56. The summed E-state index contributed by atoms with van der Waals surface area (Å²) in [5, 5.41) is 3.19. The minimum Gasteiger partial charge on any atom is -0.356 e. The van der Waals surface area contributed by atoms with Crippen LogP contribution in [0.1, 0.15) is 39.5 Å². The van der Waals surface area contributed by atoms with Crippen LogP contribution in [0.2, 0.25) is 0 Å². The number of nitrogens with two attached hydrogens (primary N) is 1. The van der Waals surface area contributed by atoms with Crippen LogP contribution in [-0.4, -0.2) is 43.5 Å². The zero-order valence-corrected chi connectivity index (χ0v) is 13.3. The van der Waals surface area contributed by atoms with E-state index in [2.05, 4.69) is 31.1 Å². The lowest BCUT2D eigenvalue weighted by atomic mass is 9.72. The van der Waals surface area contributed by atoms with Crippen molar-refractivity contribution in [3.63, 3.8) is 0 Å². The third kappa shape index (κ3) is 3.95. The molecule has 4 unspecified atom stereocenters. The number of rotatable bonds is 3. The summed E-state index contributed by atoms with van der Waals surface area (Å²) in [5.74, 6) is 2.01. The summed E-state index contributed by atoms with van der Waals surface area (Å²) in [5.41, 5.74) is 6.14. The summed E-state index contributed by atoms with van der Waals surface area (Å²) < 4.78 is 0. The number of amides is 1. The van der Waals surface area contributed by atoms with E-state index in [9.17, 15) is 4.79 Å². The van der Waals surface area contributed by atoms with Crippen LogP contribution >= 0.6 is 0 Å². The fourth-order valence-corrected chi connectivity index (χ4v) is 3.69. The SMILES string of the molecule is CC1CC(C)C(C(=O)NCC2CCN(C)CC2)CC1N. The third-order valence-electron chi connectivity index (χ3n) is 5.43. The lowest BCUT2D eigenvalue weighted by Gasteiger charge is -2.36. The molecular weight excluding hydrogens is 250 g/mol. The topological polar surface area (TPSA) is 58.4 Å². The van der Waals surface area contributed by atoms with Gasteiger partial charge in [0.15, 0.2) is 0 Å². The average Bonchev–Trinajstić information content (AvgIpc) is 2.42. The van der Waals surface area contributed by atoms with Crippen LogP contribution in [-0.2, 0) is 4.79 Å². The number of carbonyl (C=O) groups excluding carboxylic acids is 1. The maximum atomic E-state index is 12.4. The summed E-state index contributed by atoms with van der Waals surface area (Å²) >= 11 is 0. The number of hydrogen-bond donors (Lipinski definition) is 2. The highest BCUT2D eigenvalue weighted by Gasteiger charge is 2.35. The van der Waals surface area contributed by atoms with E-state index in [1.165, 1.54) is 12.8 Å². The van der Waals surface area contributed by atoms with Gasteiger partial charge in [-0.05, 0) is 63.6 Å². The summed E-state index contributed by atoms with van der Waals surface area (Å²) in [7, 11) is 2.17. The molecule has 116 valence electrons. The zero-order chi connectivity index (χ0) is 14.7. The van der Waals surface area contributed by atoms with Gasteiger partial charge < -0.3 is 16.0 Å². The second-order valence-electron chi connectivity index (χ2n) is 7.19. The summed E-state index contributed by atoms with van der Waals surface area (Å²) in [6, 6.07) is 0.185. The van der Waals surface area contributed by atoms with Gasteiger partial charge >= 0.3 is 0 Å². The fraction of sp³-hybridized carbons (Fsp3) is 0.938. The molecule has 2 rings (SSSR count). The number of hydrogen-bond acceptors (Lipinski definition) is 3. The van der Waals surface area contributed by atoms with E-state index in [1.807, 2.05) is 0 Å². The van der Waals surface area contributed by atoms with E-state index in [-0.39, 0.29) is 17.9 Å². The molecule has 1 amide bonds. The van der Waals surface area contributed by atoms with Gasteiger partial charge in [-0.15, -0.1) is 0 Å². The van der Waals surface area contributed by atoms with Crippen molar-refractivity contribution in [3.8, 4) is 0 Å². The Balaban J connectivity index is 1.77. The van der Waals surface area contributed by atoms with Crippen LogP contribution in [0, 0.1) is 23.7 Å². The Morgan fingerprint density at radius 1 is 1.20 bits per heavy atom. The molecule has 0 aromatic rings. The molecule has 0 bridgehead atoms. The molecule has 20 heavy (non-hydrogen) atoms. The van der Waals surface area contributed by atoms with Crippen LogP contribution in [0.5, 0.6) is 0 Å². The Morgan fingerprint density at radius 2 is 1.85 bits per heavy atom. The standard InChI is InChI=1S/C16H31N3O/c1-11-8-12(2)15(17)9-14(11)16(20)18-10-13-4-6-19(3)7-5-13/h11-15H,4-10,17H2,1-3H3,(H,18,20). The van der Waals surface area contributed by atoms with E-state index < -0.39 is 0 Å². The Bertz CT molecular complexity index is 326. The van der Waals surface area contributed by atoms with Gasteiger partial charge in [0.1, 0.15) is 0 Å². The minimum atomic E-state index is 0.118. The second kappa shape index (κ2) is 6.90. The monoisotopic (exact) mass is 281 g/mol. The first-order valence-electron chi connectivity index (χ1n) is 8.19. The average molecular weight is 281 g/mol. The van der Waals surface area contributed by atoms with E-state index in [0.717, 1.165) is 32.5 Å². The maximum Gasteiger partial charge on any atom is 0.223 e. The zero-order valence-electron chi connectivity index (χ0n) is 13.3. The van der Waals surface area contributed by atoms with Crippen molar-refractivity contribution in [2.24, 2.45) is 29.4 Å². The molecule has 0 spiro atoms. The van der Waals surface area contributed by atoms with Gasteiger partial charge in [0, 0.05) is 18.5 Å². The fourth-order valence-electron chi connectivity index (χ4n) is 3.69. The van der Waals surface area contributed by atoms with Crippen molar-refractivity contribution >= 4 is 5.91 Å². The van der Waals surface area contributed by atoms with Crippen LogP contribution in [0.25, 0.3) is 0 Å². The molecule has 0 radical (unpaired) electrons. The smallest absolute Gasteiger partial charge is 0.223 e. The first kappa shape index (κ1) is 15.8. The van der Waals surface area contributed by atoms with Gasteiger partial charge in [-0.25, -0.2) is 0 Å². The Kier molecular flexibility index (Phi) is 5.44. The molecule has 0 aromatic heterocycles. The Hall–Kier alpha value is -0.610. The molecule has 1 heterocycles.